The molecule has 1 atom stereocenters. The first kappa shape index (κ1) is 28.9. The fourth-order valence-electron chi connectivity index (χ4n) is 4.33. The van der Waals surface area contributed by atoms with E-state index in [1.807, 2.05) is 24.3 Å². The second kappa shape index (κ2) is 12.1. The molecule has 0 unspecified atom stereocenters. The van der Waals surface area contributed by atoms with Crippen LogP contribution >= 0.6 is 11.6 Å². The molecule has 0 radical (unpaired) electrons. The van der Waals surface area contributed by atoms with Crippen molar-refractivity contribution in [2.45, 2.75) is 45.4 Å². The predicted molar refractivity (Wildman–Crippen MR) is 159 cm³/mol. The van der Waals surface area contributed by atoms with Gasteiger partial charge in [0, 0.05) is 29.9 Å². The molecule has 2 N–H and O–H groups in total. The van der Waals surface area contributed by atoms with Gasteiger partial charge in [0.25, 0.3) is 0 Å². The maximum Gasteiger partial charge on any atom is 0.410 e. The molecule has 2 aromatic carbocycles. The number of likely N-dealkylation sites (tertiary alicyclic amines) is 1. The topological polar surface area (TPSA) is 128 Å². The van der Waals surface area contributed by atoms with Crippen molar-refractivity contribution in [2.75, 3.05) is 24.3 Å². The highest BCUT2D eigenvalue weighted by atomic mass is 35.5. The summed E-state index contributed by atoms with van der Waals surface area (Å²) in [6, 6.07) is 13.7. The molecule has 5 rings (SSSR count). The Bertz CT molecular complexity index is 1610. The van der Waals surface area contributed by atoms with Crippen LogP contribution in [-0.4, -0.2) is 57.1 Å². The van der Waals surface area contributed by atoms with E-state index in [0.29, 0.717) is 57.6 Å². The maximum absolute atomic E-state index is 13.2. The molecule has 1 saturated heterocycles. The molecule has 42 heavy (non-hydrogen) atoms. The molecule has 218 valence electrons. The van der Waals surface area contributed by atoms with Gasteiger partial charge in [-0.2, -0.15) is 0 Å². The van der Waals surface area contributed by atoms with Crippen LogP contribution in [0.1, 0.15) is 32.9 Å². The van der Waals surface area contributed by atoms with E-state index in [4.69, 9.17) is 25.8 Å². The van der Waals surface area contributed by atoms with E-state index in [1.54, 1.807) is 51.2 Å². The number of pyridine rings is 1. The van der Waals surface area contributed by atoms with Gasteiger partial charge in [-0.25, -0.2) is 14.8 Å². The summed E-state index contributed by atoms with van der Waals surface area (Å²) in [4.78, 5) is 40.1. The minimum Gasteiger partial charge on any atom is -0.494 e. The van der Waals surface area contributed by atoms with Crippen LogP contribution in [0.2, 0.25) is 5.02 Å². The highest BCUT2D eigenvalue weighted by Gasteiger charge is 2.40. The molecule has 2 amide bonds. The number of fused-ring (bicyclic) bond motifs is 1. The first-order chi connectivity index (χ1) is 20.1. The minimum absolute atomic E-state index is 0.288. The first-order valence-electron chi connectivity index (χ1n) is 13.3. The van der Waals surface area contributed by atoms with Crippen molar-refractivity contribution in [1.29, 1.82) is 0 Å². The van der Waals surface area contributed by atoms with Crippen LogP contribution in [0.4, 0.5) is 22.0 Å². The van der Waals surface area contributed by atoms with E-state index in [2.05, 4.69) is 25.6 Å². The lowest BCUT2D eigenvalue weighted by Crippen LogP contribution is -2.57. The number of benzene rings is 2. The van der Waals surface area contributed by atoms with E-state index in [1.165, 1.54) is 18.3 Å². The summed E-state index contributed by atoms with van der Waals surface area (Å²) in [5.74, 6) is 1.09. The second-order valence-corrected chi connectivity index (χ2v) is 11.0. The van der Waals surface area contributed by atoms with E-state index >= 15 is 0 Å². The third-order valence-electron chi connectivity index (χ3n) is 6.46. The van der Waals surface area contributed by atoms with E-state index < -0.39 is 17.7 Å². The zero-order valence-electron chi connectivity index (χ0n) is 23.7. The molecule has 4 aromatic rings. The van der Waals surface area contributed by atoms with Crippen LogP contribution in [0.25, 0.3) is 10.9 Å². The van der Waals surface area contributed by atoms with E-state index in [0.717, 1.165) is 5.69 Å². The van der Waals surface area contributed by atoms with Crippen molar-refractivity contribution < 1.29 is 23.8 Å². The number of hydrogen-bond acceptors (Lipinski definition) is 9. The predicted octanol–water partition coefficient (Wildman–Crippen LogP) is 5.96. The number of ether oxygens (including phenoxy) is 3. The lowest BCUT2D eigenvalue weighted by atomic mass is 10.0. The number of aromatic nitrogens is 3. The number of nitrogens with zero attached hydrogens (tertiary/aromatic N) is 4. The van der Waals surface area contributed by atoms with Crippen LogP contribution in [0.5, 0.6) is 11.5 Å². The molecule has 1 aliphatic heterocycles. The maximum atomic E-state index is 13.2. The number of hydrogen-bond donors (Lipinski definition) is 2. The normalized spacial score (nSPS) is 14.6. The Hall–Kier alpha value is -4.64. The number of amides is 2. The fraction of sp³-hybridized carbons (Fsp3) is 0.300. The third-order valence-corrected chi connectivity index (χ3v) is 6.76. The summed E-state index contributed by atoms with van der Waals surface area (Å²) in [5.41, 5.74) is 1.82. The van der Waals surface area contributed by atoms with Crippen molar-refractivity contribution in [1.82, 2.24) is 19.9 Å². The number of methoxy groups -OCH3 is 1. The van der Waals surface area contributed by atoms with Gasteiger partial charge in [0.05, 0.1) is 29.0 Å². The Balaban J connectivity index is 1.33. The summed E-state index contributed by atoms with van der Waals surface area (Å²) < 4.78 is 16.8. The van der Waals surface area contributed by atoms with Crippen LogP contribution in [-0.2, 0) is 16.1 Å². The van der Waals surface area contributed by atoms with Crippen LogP contribution in [0, 0.1) is 0 Å². The first-order valence-corrected chi connectivity index (χ1v) is 13.7. The molecule has 3 heterocycles. The van der Waals surface area contributed by atoms with Crippen molar-refractivity contribution in [3.63, 3.8) is 0 Å². The van der Waals surface area contributed by atoms with Gasteiger partial charge in [-0.05, 0) is 63.6 Å². The van der Waals surface area contributed by atoms with Gasteiger partial charge in [-0.15, -0.1) is 0 Å². The Kier molecular flexibility index (Phi) is 8.30. The highest BCUT2D eigenvalue weighted by molar-refractivity contribution is 6.32. The number of carbonyl (C=O) groups is 2. The molecule has 2 aromatic heterocycles. The molecular weight excluding hydrogens is 560 g/mol. The summed E-state index contributed by atoms with van der Waals surface area (Å²) in [5, 5.41) is 7.22. The highest BCUT2D eigenvalue weighted by Crippen LogP contribution is 2.35. The number of anilines is 3. The second-order valence-electron chi connectivity index (χ2n) is 10.6. The quantitative estimate of drug-likeness (QED) is 0.255. The van der Waals surface area contributed by atoms with Gasteiger partial charge < -0.3 is 24.8 Å². The number of nitrogens with one attached hydrogen (secondary N) is 2. The SMILES string of the molecule is COc1cc2ncnc(Nc3ccc(OCc4ccccn4)c(Cl)c3)c2cc1NC(=O)[C@@H]1CCN1C(=O)OC(C)(C)C. The van der Waals surface area contributed by atoms with E-state index in [9.17, 15) is 9.59 Å². The summed E-state index contributed by atoms with van der Waals surface area (Å²) in [6.07, 6.45) is 3.14. The lowest BCUT2D eigenvalue weighted by molar-refractivity contribution is -0.125. The minimum atomic E-state index is -0.657. The lowest BCUT2D eigenvalue weighted by Gasteiger charge is -2.40. The van der Waals surface area contributed by atoms with Gasteiger partial charge in [0.2, 0.25) is 5.91 Å². The smallest absolute Gasteiger partial charge is 0.410 e. The molecule has 1 aliphatic rings. The van der Waals surface area contributed by atoms with Gasteiger partial charge >= 0.3 is 6.09 Å². The van der Waals surface area contributed by atoms with Gasteiger partial charge in [0.15, 0.2) is 0 Å². The van der Waals surface area contributed by atoms with Crippen LogP contribution < -0.4 is 20.1 Å². The van der Waals surface area contributed by atoms with Crippen molar-refractivity contribution in [3.05, 3.63) is 71.8 Å². The fourth-order valence-corrected chi connectivity index (χ4v) is 4.57. The zero-order chi connectivity index (χ0) is 29.9. The molecule has 0 bridgehead atoms. The Morgan fingerprint density at radius 1 is 1.07 bits per heavy atom. The van der Waals surface area contributed by atoms with Crippen molar-refractivity contribution in [3.8, 4) is 11.5 Å². The number of carbonyl (C=O) groups excluding carboxylic acids is 2. The van der Waals surface area contributed by atoms with Crippen LogP contribution in [0.15, 0.2) is 61.1 Å². The van der Waals surface area contributed by atoms with Crippen molar-refractivity contribution in [2.24, 2.45) is 0 Å². The Morgan fingerprint density at radius 2 is 1.90 bits per heavy atom. The van der Waals surface area contributed by atoms with Crippen LogP contribution in [0.3, 0.4) is 0 Å². The van der Waals surface area contributed by atoms with E-state index in [-0.39, 0.29) is 12.5 Å². The number of halogens is 1. The molecule has 0 aliphatic carbocycles. The summed E-state index contributed by atoms with van der Waals surface area (Å²) in [7, 11) is 1.51. The van der Waals surface area contributed by atoms with Gasteiger partial charge in [-0.1, -0.05) is 17.7 Å². The van der Waals surface area contributed by atoms with Crippen molar-refractivity contribution >= 4 is 51.7 Å². The average Bonchev–Trinajstić information content (AvgIpc) is 2.91. The number of rotatable bonds is 8. The molecule has 0 saturated carbocycles. The van der Waals surface area contributed by atoms with Gasteiger partial charge in [-0.3, -0.25) is 14.7 Å². The summed E-state index contributed by atoms with van der Waals surface area (Å²) in [6.45, 7) is 6.09. The third kappa shape index (κ3) is 6.63. The van der Waals surface area contributed by atoms with Gasteiger partial charge in [0.1, 0.15) is 41.9 Å². The molecule has 12 heteroatoms. The standard InChI is InChI=1S/C30H31ClN6O5/c1-30(2,3)42-29(39)37-12-10-24(37)28(38)36-23-14-20-22(15-26(23)40-4)33-17-34-27(20)35-18-8-9-25(21(31)13-18)41-16-19-7-5-6-11-32-19/h5-9,11,13-15,17,24H,10,12,16H2,1-4H3,(H,36,38)(H,33,34,35)/t24-/m0/s1. The zero-order valence-corrected chi connectivity index (χ0v) is 24.4. The monoisotopic (exact) mass is 590 g/mol. The molecule has 1 fully saturated rings. The average molecular weight is 591 g/mol. The Morgan fingerprint density at radius 3 is 2.57 bits per heavy atom. The largest absolute Gasteiger partial charge is 0.494 e. The Labute approximate surface area is 248 Å². The molecule has 11 nitrogen and oxygen atoms in total. The summed E-state index contributed by atoms with van der Waals surface area (Å²) >= 11 is 6.50. The molecule has 0 spiro atoms. The molecular formula is C30H31ClN6O5.